The molecule has 2 aromatic rings. The van der Waals surface area contributed by atoms with Crippen molar-refractivity contribution in [1.29, 1.82) is 5.26 Å². The first-order valence-corrected chi connectivity index (χ1v) is 7.42. The van der Waals surface area contributed by atoms with E-state index >= 15 is 0 Å². The average Bonchev–Trinajstić information content (AvgIpc) is 2.60. The number of aliphatic hydroxyl groups excluding tert-OH is 1. The zero-order chi connectivity index (χ0) is 17.5. The number of hydrogen-bond acceptors (Lipinski definition) is 3. The highest BCUT2D eigenvalue weighted by atomic mass is 19.1. The van der Waals surface area contributed by atoms with E-state index in [0.717, 1.165) is 5.56 Å². The topological polar surface area (TPSA) is 73.1 Å². The Kier molecular flexibility index (Phi) is 5.83. The van der Waals surface area contributed by atoms with E-state index in [0.29, 0.717) is 11.1 Å². The van der Waals surface area contributed by atoms with Crippen molar-refractivity contribution in [2.75, 3.05) is 0 Å². The quantitative estimate of drug-likeness (QED) is 0.831. The minimum absolute atomic E-state index is 0.369. The van der Waals surface area contributed by atoms with E-state index in [1.54, 1.807) is 37.3 Å². The van der Waals surface area contributed by atoms with Gasteiger partial charge in [-0.3, -0.25) is 4.79 Å². The van der Waals surface area contributed by atoms with Crippen molar-refractivity contribution < 1.29 is 14.3 Å². The summed E-state index contributed by atoms with van der Waals surface area (Å²) in [7, 11) is 0. The minimum atomic E-state index is -0.940. The van der Waals surface area contributed by atoms with Gasteiger partial charge >= 0.3 is 0 Å². The molecule has 1 amide bonds. The predicted octanol–water partition coefficient (Wildman–Crippen LogP) is 2.95. The molecule has 2 aromatic carbocycles. The van der Waals surface area contributed by atoms with E-state index in [-0.39, 0.29) is 11.7 Å². The molecule has 0 aliphatic heterocycles. The van der Waals surface area contributed by atoms with Crippen molar-refractivity contribution in [2.45, 2.75) is 19.1 Å². The molecule has 2 N–H and O–H groups in total. The molecular weight excluding hydrogens is 307 g/mol. The highest BCUT2D eigenvalue weighted by Crippen LogP contribution is 2.17. The van der Waals surface area contributed by atoms with Crippen molar-refractivity contribution in [1.82, 2.24) is 5.32 Å². The van der Waals surface area contributed by atoms with Crippen LogP contribution in [0.3, 0.4) is 0 Å². The lowest BCUT2D eigenvalue weighted by Gasteiger charge is -2.19. The summed E-state index contributed by atoms with van der Waals surface area (Å²) in [6.07, 6.45) is 1.99. The summed E-state index contributed by atoms with van der Waals surface area (Å²) in [4.78, 5) is 11.9. The molecule has 4 nitrogen and oxygen atoms in total. The fourth-order valence-electron chi connectivity index (χ4n) is 2.18. The Morgan fingerprint density at radius 2 is 2.00 bits per heavy atom. The molecule has 2 rings (SSSR count). The lowest BCUT2D eigenvalue weighted by Crippen LogP contribution is -2.36. The van der Waals surface area contributed by atoms with Crippen LogP contribution in [0.1, 0.15) is 29.7 Å². The highest BCUT2D eigenvalue weighted by Gasteiger charge is 2.17. The van der Waals surface area contributed by atoms with Gasteiger partial charge in [-0.15, -0.1) is 0 Å². The molecule has 0 aliphatic carbocycles. The standard InChI is InChI=1S/C19H17FN2O2/c1-13(19(24)16-6-8-17(20)9-7-16)22-18(23)10-5-14-3-2-4-15(11-14)12-21/h2-11,13,19,24H,1H3,(H,22,23)/b10-5+. The number of aliphatic hydroxyl groups is 1. The van der Waals surface area contributed by atoms with Crippen molar-refractivity contribution >= 4 is 12.0 Å². The summed E-state index contributed by atoms with van der Waals surface area (Å²) in [5.41, 5.74) is 1.77. The zero-order valence-corrected chi connectivity index (χ0v) is 13.1. The summed E-state index contributed by atoms with van der Waals surface area (Å²) < 4.78 is 12.9. The van der Waals surface area contributed by atoms with Crippen LogP contribution in [-0.4, -0.2) is 17.1 Å². The number of rotatable bonds is 5. The third-order valence-corrected chi connectivity index (χ3v) is 3.50. The first kappa shape index (κ1) is 17.4. The number of hydrogen-bond donors (Lipinski definition) is 2. The second-order valence-electron chi connectivity index (χ2n) is 5.36. The maximum Gasteiger partial charge on any atom is 0.244 e. The third kappa shape index (κ3) is 4.77. The van der Waals surface area contributed by atoms with Crippen LogP contribution in [0.5, 0.6) is 0 Å². The van der Waals surface area contributed by atoms with Crippen LogP contribution in [-0.2, 0) is 4.79 Å². The zero-order valence-electron chi connectivity index (χ0n) is 13.1. The maximum atomic E-state index is 12.9. The van der Waals surface area contributed by atoms with Gasteiger partial charge in [0.05, 0.1) is 23.8 Å². The molecule has 5 heteroatoms. The van der Waals surface area contributed by atoms with Crippen LogP contribution in [0.4, 0.5) is 4.39 Å². The summed E-state index contributed by atoms with van der Waals surface area (Å²) in [5.74, 6) is -0.754. The summed E-state index contributed by atoms with van der Waals surface area (Å²) in [5, 5.41) is 21.7. The Labute approximate surface area is 139 Å². The molecule has 0 radical (unpaired) electrons. The molecular formula is C19H17FN2O2. The molecule has 0 saturated carbocycles. The van der Waals surface area contributed by atoms with Crippen LogP contribution in [0, 0.1) is 17.1 Å². The second kappa shape index (κ2) is 8.04. The van der Waals surface area contributed by atoms with Gasteiger partial charge in [-0.2, -0.15) is 5.26 Å². The van der Waals surface area contributed by atoms with Gasteiger partial charge in [-0.25, -0.2) is 4.39 Å². The maximum absolute atomic E-state index is 12.9. The molecule has 0 saturated heterocycles. The molecule has 122 valence electrons. The van der Waals surface area contributed by atoms with Gasteiger partial charge in [-0.05, 0) is 48.4 Å². The van der Waals surface area contributed by atoms with Crippen molar-refractivity contribution in [3.63, 3.8) is 0 Å². The molecule has 0 aromatic heterocycles. The van der Waals surface area contributed by atoms with E-state index < -0.39 is 12.1 Å². The smallest absolute Gasteiger partial charge is 0.244 e. The van der Waals surface area contributed by atoms with Gasteiger partial charge in [0.25, 0.3) is 0 Å². The Hall–Kier alpha value is -2.97. The van der Waals surface area contributed by atoms with Crippen LogP contribution in [0.2, 0.25) is 0 Å². The van der Waals surface area contributed by atoms with E-state index in [9.17, 15) is 14.3 Å². The van der Waals surface area contributed by atoms with Crippen molar-refractivity contribution in [2.24, 2.45) is 0 Å². The van der Waals surface area contributed by atoms with E-state index in [2.05, 4.69) is 5.32 Å². The van der Waals surface area contributed by atoms with Gasteiger partial charge in [0.1, 0.15) is 5.82 Å². The third-order valence-electron chi connectivity index (χ3n) is 3.50. The summed E-state index contributed by atoms with van der Waals surface area (Å²) in [6.45, 7) is 1.66. The van der Waals surface area contributed by atoms with Gasteiger partial charge in [0.2, 0.25) is 5.91 Å². The van der Waals surface area contributed by atoms with E-state index in [1.165, 1.54) is 30.3 Å². The van der Waals surface area contributed by atoms with E-state index in [1.807, 2.05) is 6.07 Å². The normalized spacial score (nSPS) is 13.2. The average molecular weight is 324 g/mol. The molecule has 0 heterocycles. The Balaban J connectivity index is 1.96. The van der Waals surface area contributed by atoms with E-state index in [4.69, 9.17) is 5.26 Å². The highest BCUT2D eigenvalue weighted by molar-refractivity contribution is 5.92. The van der Waals surface area contributed by atoms with Crippen LogP contribution >= 0.6 is 0 Å². The summed E-state index contributed by atoms with van der Waals surface area (Å²) >= 11 is 0. The van der Waals surface area contributed by atoms with Gasteiger partial charge in [0.15, 0.2) is 0 Å². The van der Waals surface area contributed by atoms with Crippen LogP contribution in [0.25, 0.3) is 6.08 Å². The molecule has 24 heavy (non-hydrogen) atoms. The Morgan fingerprint density at radius 3 is 2.67 bits per heavy atom. The number of nitrogens with zero attached hydrogens (tertiary/aromatic N) is 1. The minimum Gasteiger partial charge on any atom is -0.386 e. The van der Waals surface area contributed by atoms with Crippen LogP contribution < -0.4 is 5.32 Å². The number of amides is 1. The number of benzene rings is 2. The molecule has 0 aliphatic rings. The number of nitriles is 1. The number of halogens is 1. The summed E-state index contributed by atoms with van der Waals surface area (Å²) in [6, 6.07) is 13.8. The van der Waals surface area contributed by atoms with Gasteiger partial charge in [-0.1, -0.05) is 24.3 Å². The number of carbonyl (C=O) groups is 1. The molecule has 2 unspecified atom stereocenters. The molecule has 0 bridgehead atoms. The molecule has 0 spiro atoms. The fraction of sp³-hybridized carbons (Fsp3) is 0.158. The lowest BCUT2D eigenvalue weighted by molar-refractivity contribution is -0.117. The van der Waals surface area contributed by atoms with Gasteiger partial charge in [0, 0.05) is 6.08 Å². The van der Waals surface area contributed by atoms with Crippen LogP contribution in [0.15, 0.2) is 54.6 Å². The Morgan fingerprint density at radius 1 is 1.29 bits per heavy atom. The predicted molar refractivity (Wildman–Crippen MR) is 89.2 cm³/mol. The largest absolute Gasteiger partial charge is 0.386 e. The Bertz CT molecular complexity index is 779. The number of carbonyl (C=O) groups excluding carboxylic acids is 1. The second-order valence-corrected chi connectivity index (χ2v) is 5.36. The van der Waals surface area contributed by atoms with Crippen molar-refractivity contribution in [3.05, 3.63) is 77.1 Å². The first-order valence-electron chi connectivity index (χ1n) is 7.42. The molecule has 2 atom stereocenters. The van der Waals surface area contributed by atoms with Gasteiger partial charge < -0.3 is 10.4 Å². The monoisotopic (exact) mass is 324 g/mol. The number of nitrogens with one attached hydrogen (secondary N) is 1. The molecule has 0 fully saturated rings. The first-order chi connectivity index (χ1) is 11.5. The fourth-order valence-corrected chi connectivity index (χ4v) is 2.18. The van der Waals surface area contributed by atoms with Crippen molar-refractivity contribution in [3.8, 4) is 6.07 Å². The lowest BCUT2D eigenvalue weighted by atomic mass is 10.0. The SMILES string of the molecule is CC(NC(=O)/C=C/c1cccc(C#N)c1)C(O)c1ccc(F)cc1.